The molecule has 6 rings (SSSR count). The minimum atomic E-state index is -1.27. The number of esters is 1. The summed E-state index contributed by atoms with van der Waals surface area (Å²) in [5.74, 6) is -4.84. The topological polar surface area (TPSA) is 325 Å². The molecule has 2 aromatic carbocycles. The number of carbonyl (C=O) groups excluding carboxylic acids is 5. The zero-order chi connectivity index (χ0) is 53.3. The highest BCUT2D eigenvalue weighted by Gasteiger charge is 2.34. The van der Waals surface area contributed by atoms with Gasteiger partial charge in [-0.05, 0) is 95.5 Å². The van der Waals surface area contributed by atoms with Crippen LogP contribution in [0.1, 0.15) is 125 Å². The Morgan fingerprint density at radius 3 is 1.54 bits per heavy atom. The number of benzene rings is 2. The van der Waals surface area contributed by atoms with Gasteiger partial charge in [-0.15, -0.1) is 20.4 Å². The van der Waals surface area contributed by atoms with E-state index in [-0.39, 0.29) is 48.1 Å². The first-order valence-electron chi connectivity index (χ1n) is 21.0. The molecule has 6 aromatic rings. The number of hydrogen-bond acceptors (Lipinski definition) is 18. The van der Waals surface area contributed by atoms with E-state index in [1.165, 1.54) is 69.6 Å². The average molecular weight is 1010 g/mol. The number of halogens is 3. The molecule has 71 heavy (non-hydrogen) atoms. The van der Waals surface area contributed by atoms with Crippen LogP contribution in [0.4, 0.5) is 8.78 Å². The number of ether oxygens (including phenoxy) is 1. The van der Waals surface area contributed by atoms with Crippen molar-refractivity contribution in [2.45, 2.75) is 86.5 Å². The third-order valence-corrected chi connectivity index (χ3v) is 9.62. The smallest absolute Gasteiger partial charge is 0.316 e. The van der Waals surface area contributed by atoms with Crippen molar-refractivity contribution in [2.24, 2.45) is 25.2 Å². The summed E-state index contributed by atoms with van der Waals surface area (Å²) in [7, 11) is 2.78. The standard InChI is InChI=1S/C21H27FN4O4.C20H21FN6O5.C4H3ClN2O2/c1-20(2,3)19(29)30-15-14(25-18(21(4,5)23)26(6)17(15)28)16(27)24-11-12-7-9-13(22)10-8-12;1-10-25-26-17(32-10)16(30)24-20(2,3)19-23-13(14(28)18(31)27(19)4)15(29)22-9-11-5-7-12(21)8-6-11;1-2-6-7-4(9-2)3(5)8/h7-10H,11,23H2,1-6H3,(H,24,27);5-8,28H,9H2,1-4H3,(H,22,29)(H,24,30);1H3. The minimum Gasteiger partial charge on any atom is -0.501 e. The van der Waals surface area contributed by atoms with E-state index in [4.69, 9.17) is 26.5 Å². The fraction of sp³-hybridized carbons (Fsp3) is 0.356. The van der Waals surface area contributed by atoms with E-state index in [2.05, 4.69) is 50.7 Å². The van der Waals surface area contributed by atoms with E-state index < -0.39 is 85.4 Å². The predicted molar refractivity (Wildman–Crippen MR) is 247 cm³/mol. The lowest BCUT2D eigenvalue weighted by atomic mass is 9.97. The maximum atomic E-state index is 13.1. The van der Waals surface area contributed by atoms with Crippen molar-refractivity contribution in [3.05, 3.63) is 139 Å². The SMILES string of the molecule is Cc1nnc(C(=O)Cl)o1.Cc1nnc(C(=O)NC(C)(C)c2nc(C(=O)NCc3ccc(F)cc3)c(O)c(=O)n2C)o1.Cn1c(C(C)(C)N)nc(C(=O)NCc2ccc(F)cc2)c(OC(=O)C(C)(C)C)c1=O. The van der Waals surface area contributed by atoms with Crippen LogP contribution in [0.2, 0.25) is 0 Å². The Morgan fingerprint density at radius 2 is 1.13 bits per heavy atom. The van der Waals surface area contributed by atoms with Crippen LogP contribution in [0.25, 0.3) is 0 Å². The third kappa shape index (κ3) is 14.7. The molecule has 6 N–H and O–H groups in total. The van der Waals surface area contributed by atoms with Crippen LogP contribution in [0.5, 0.6) is 11.5 Å². The second kappa shape index (κ2) is 22.6. The van der Waals surface area contributed by atoms with Gasteiger partial charge >= 0.3 is 28.9 Å². The highest BCUT2D eigenvalue weighted by Crippen LogP contribution is 2.23. The van der Waals surface area contributed by atoms with Crippen molar-refractivity contribution in [1.82, 2.24) is 55.4 Å². The molecular formula is C45H51ClF2N12O11. The average Bonchev–Trinajstić information content (AvgIpc) is 3.94. The molecule has 378 valence electrons. The first kappa shape index (κ1) is 55.5. The van der Waals surface area contributed by atoms with Gasteiger partial charge in [-0.25, -0.2) is 18.7 Å². The zero-order valence-corrected chi connectivity index (χ0v) is 41.1. The Kier molecular flexibility index (Phi) is 17.7. The van der Waals surface area contributed by atoms with Gasteiger partial charge in [-0.1, -0.05) is 24.3 Å². The van der Waals surface area contributed by atoms with Gasteiger partial charge in [0.05, 0.1) is 16.5 Å². The molecule has 0 atom stereocenters. The number of rotatable bonds is 12. The van der Waals surface area contributed by atoms with Crippen LogP contribution in [0.3, 0.4) is 0 Å². The zero-order valence-electron chi connectivity index (χ0n) is 40.4. The van der Waals surface area contributed by atoms with Gasteiger partial charge in [0, 0.05) is 41.0 Å². The van der Waals surface area contributed by atoms with Gasteiger partial charge in [0.1, 0.15) is 23.3 Å². The van der Waals surface area contributed by atoms with Crippen molar-refractivity contribution < 1.29 is 51.4 Å². The van der Waals surface area contributed by atoms with Crippen molar-refractivity contribution in [3.63, 3.8) is 0 Å². The van der Waals surface area contributed by atoms with Crippen molar-refractivity contribution >= 4 is 40.5 Å². The number of amides is 3. The van der Waals surface area contributed by atoms with Gasteiger partial charge in [0.25, 0.3) is 22.9 Å². The molecule has 3 amide bonds. The molecule has 0 aliphatic heterocycles. The normalized spacial score (nSPS) is 11.3. The summed E-state index contributed by atoms with van der Waals surface area (Å²) in [5, 5.41) is 31.2. The van der Waals surface area contributed by atoms with E-state index in [9.17, 15) is 47.4 Å². The Labute approximate surface area is 408 Å². The predicted octanol–water partition coefficient (Wildman–Crippen LogP) is 3.66. The first-order valence-corrected chi connectivity index (χ1v) is 21.4. The summed E-state index contributed by atoms with van der Waals surface area (Å²) in [6.45, 7) is 14.4. The highest BCUT2D eigenvalue weighted by atomic mass is 35.5. The summed E-state index contributed by atoms with van der Waals surface area (Å²) in [5.41, 5.74) is 1.69. The van der Waals surface area contributed by atoms with Gasteiger partial charge in [-0.3, -0.25) is 42.7 Å². The summed E-state index contributed by atoms with van der Waals surface area (Å²) in [6, 6.07) is 11.0. The molecule has 0 saturated carbocycles. The van der Waals surface area contributed by atoms with Crippen LogP contribution < -0.4 is 37.5 Å². The quantitative estimate of drug-likeness (QED) is 0.0862. The Morgan fingerprint density at radius 1 is 0.690 bits per heavy atom. The third-order valence-electron chi connectivity index (χ3n) is 9.46. The van der Waals surface area contributed by atoms with Crippen LogP contribution in [-0.2, 0) is 43.1 Å². The number of aromatic hydroxyl groups is 1. The van der Waals surface area contributed by atoms with E-state index in [1.54, 1.807) is 55.4 Å². The first-order chi connectivity index (χ1) is 32.9. The maximum Gasteiger partial charge on any atom is 0.316 e. The van der Waals surface area contributed by atoms with Crippen LogP contribution in [-0.4, -0.2) is 73.5 Å². The van der Waals surface area contributed by atoms with E-state index in [1.807, 2.05) is 0 Å². The van der Waals surface area contributed by atoms with E-state index >= 15 is 0 Å². The highest BCUT2D eigenvalue weighted by molar-refractivity contribution is 6.67. The second-order valence-corrected chi connectivity index (χ2v) is 17.9. The molecule has 4 heterocycles. The summed E-state index contributed by atoms with van der Waals surface area (Å²) in [4.78, 5) is 94.3. The lowest BCUT2D eigenvalue weighted by Crippen LogP contribution is -2.46. The van der Waals surface area contributed by atoms with Crippen molar-refractivity contribution in [1.29, 1.82) is 0 Å². The van der Waals surface area contributed by atoms with Gasteiger partial charge < -0.3 is 40.4 Å². The molecule has 0 aliphatic rings. The van der Waals surface area contributed by atoms with Gasteiger partial charge in [0.2, 0.25) is 23.3 Å². The van der Waals surface area contributed by atoms with Crippen molar-refractivity contribution in [2.75, 3.05) is 0 Å². The number of aryl methyl sites for hydroxylation is 2. The molecule has 4 aromatic heterocycles. The fourth-order valence-corrected chi connectivity index (χ4v) is 5.93. The molecule has 0 fully saturated rings. The molecule has 0 saturated heterocycles. The fourth-order valence-electron chi connectivity index (χ4n) is 5.85. The molecule has 23 nitrogen and oxygen atoms in total. The summed E-state index contributed by atoms with van der Waals surface area (Å²) < 4.78 is 43.3. The number of hydrogen-bond donors (Lipinski definition) is 5. The van der Waals surface area contributed by atoms with Crippen LogP contribution >= 0.6 is 11.6 Å². The molecule has 0 unspecified atom stereocenters. The molecule has 0 radical (unpaired) electrons. The number of nitrogens with one attached hydrogen (secondary N) is 3. The monoisotopic (exact) mass is 1010 g/mol. The lowest BCUT2D eigenvalue weighted by molar-refractivity contribution is -0.143. The maximum absolute atomic E-state index is 13.1. The minimum absolute atomic E-state index is 0.00294. The Balaban J connectivity index is 0.000000262. The number of nitrogens with two attached hydrogens (primary N) is 1. The molecule has 26 heteroatoms. The molecule has 0 bridgehead atoms. The summed E-state index contributed by atoms with van der Waals surface area (Å²) in [6.07, 6.45) is 0. The van der Waals surface area contributed by atoms with E-state index in [0.717, 1.165) is 9.13 Å². The van der Waals surface area contributed by atoms with Crippen molar-refractivity contribution in [3.8, 4) is 11.5 Å². The molecule has 0 spiro atoms. The summed E-state index contributed by atoms with van der Waals surface area (Å²) >= 11 is 4.98. The molecular weight excluding hydrogens is 958 g/mol. The van der Waals surface area contributed by atoms with Crippen LogP contribution in [0.15, 0.2) is 67.0 Å². The largest absolute Gasteiger partial charge is 0.501 e. The Hall–Kier alpha value is -8.06. The number of carbonyl (C=O) groups is 5. The Bertz CT molecular complexity index is 3060. The van der Waals surface area contributed by atoms with Crippen LogP contribution in [0, 0.1) is 30.9 Å². The van der Waals surface area contributed by atoms with E-state index in [0.29, 0.717) is 17.0 Å². The van der Waals surface area contributed by atoms with Gasteiger partial charge in [-0.2, -0.15) is 0 Å². The second-order valence-electron chi connectivity index (χ2n) is 17.6. The lowest BCUT2D eigenvalue weighted by Gasteiger charge is -2.27. The number of nitrogens with zero attached hydrogens (tertiary/aromatic N) is 8. The molecule has 0 aliphatic carbocycles. The number of aromatic nitrogens is 8. The van der Waals surface area contributed by atoms with Gasteiger partial charge in [0.15, 0.2) is 11.4 Å².